The monoisotopic (exact) mass is 212 g/mol. The van der Waals surface area contributed by atoms with Crippen molar-refractivity contribution in [1.82, 2.24) is 9.88 Å². The number of hydrogen-bond donors (Lipinski definition) is 2. The van der Waals surface area contributed by atoms with Crippen LogP contribution in [-0.4, -0.2) is 36.0 Å². The largest absolute Gasteiger partial charge is 0.392 e. The minimum absolute atomic E-state index is 0.299. The predicted molar refractivity (Wildman–Crippen MR) is 59.7 cm³/mol. The van der Waals surface area contributed by atoms with Crippen molar-refractivity contribution in [1.29, 1.82) is 0 Å². The molecule has 0 spiro atoms. The Morgan fingerprint density at radius 1 is 1.60 bits per heavy atom. The first-order chi connectivity index (χ1) is 7.22. The summed E-state index contributed by atoms with van der Waals surface area (Å²) in [5.41, 5.74) is 1.23. The van der Waals surface area contributed by atoms with Gasteiger partial charge in [0, 0.05) is 39.1 Å². The van der Waals surface area contributed by atoms with Gasteiger partial charge in [0.25, 0.3) is 0 Å². The van der Waals surface area contributed by atoms with Crippen LogP contribution in [0.5, 0.6) is 0 Å². The van der Waals surface area contributed by atoms with Crippen LogP contribution in [0.15, 0.2) is 18.5 Å². The average molecular weight is 212 g/mol. The Kier molecular flexibility index (Phi) is 5.39. The van der Waals surface area contributed by atoms with Gasteiger partial charge in [0.15, 0.2) is 0 Å². The third kappa shape index (κ3) is 4.97. The van der Waals surface area contributed by atoms with Crippen molar-refractivity contribution in [2.45, 2.75) is 26.1 Å². The zero-order chi connectivity index (χ0) is 11.1. The smallest absolute Gasteiger partial charge is 0.0690 e. The van der Waals surface area contributed by atoms with E-state index in [0.717, 1.165) is 19.7 Å². The van der Waals surface area contributed by atoms with Crippen LogP contribution in [0.25, 0.3) is 0 Å². The second-order valence-corrected chi connectivity index (χ2v) is 3.74. The van der Waals surface area contributed by atoms with Gasteiger partial charge in [-0.3, -0.25) is 0 Å². The van der Waals surface area contributed by atoms with Crippen LogP contribution in [0.3, 0.4) is 0 Å². The van der Waals surface area contributed by atoms with Crippen molar-refractivity contribution in [3.05, 3.63) is 24.0 Å². The second-order valence-electron chi connectivity index (χ2n) is 3.74. The highest BCUT2D eigenvalue weighted by Gasteiger charge is 1.99. The summed E-state index contributed by atoms with van der Waals surface area (Å²) in [4.78, 5) is 0. The van der Waals surface area contributed by atoms with Gasteiger partial charge in [-0.2, -0.15) is 0 Å². The van der Waals surface area contributed by atoms with Crippen LogP contribution >= 0.6 is 0 Å². The first kappa shape index (κ1) is 12.2. The molecule has 1 aromatic heterocycles. The van der Waals surface area contributed by atoms with Crippen LogP contribution in [-0.2, 0) is 17.8 Å². The van der Waals surface area contributed by atoms with Gasteiger partial charge in [0.05, 0.1) is 12.7 Å². The third-order valence-corrected chi connectivity index (χ3v) is 2.10. The highest BCUT2D eigenvalue weighted by atomic mass is 16.5. The molecule has 1 rings (SSSR count). The lowest BCUT2D eigenvalue weighted by Gasteiger charge is -2.05. The van der Waals surface area contributed by atoms with E-state index in [9.17, 15) is 5.11 Å². The summed E-state index contributed by atoms with van der Waals surface area (Å²) in [6.07, 6.45) is 3.73. The molecule has 0 aromatic carbocycles. The van der Waals surface area contributed by atoms with E-state index < -0.39 is 0 Å². The van der Waals surface area contributed by atoms with E-state index in [1.807, 2.05) is 17.0 Å². The summed E-state index contributed by atoms with van der Waals surface area (Å²) < 4.78 is 6.93. The van der Waals surface area contributed by atoms with Gasteiger partial charge in [-0.15, -0.1) is 0 Å². The van der Waals surface area contributed by atoms with Gasteiger partial charge in [-0.25, -0.2) is 0 Å². The first-order valence-corrected chi connectivity index (χ1v) is 5.24. The lowest BCUT2D eigenvalue weighted by atomic mass is 10.3. The summed E-state index contributed by atoms with van der Waals surface area (Å²) in [5.74, 6) is 0. The molecule has 1 aromatic rings. The molecule has 0 fully saturated rings. The summed E-state index contributed by atoms with van der Waals surface area (Å²) in [5, 5.41) is 12.5. The van der Waals surface area contributed by atoms with E-state index >= 15 is 0 Å². The number of aromatic nitrogens is 1. The van der Waals surface area contributed by atoms with Crippen molar-refractivity contribution in [2.24, 2.45) is 0 Å². The molecule has 1 atom stereocenters. The molecule has 0 aliphatic carbocycles. The molecule has 4 heteroatoms. The van der Waals surface area contributed by atoms with Gasteiger partial charge in [0.1, 0.15) is 0 Å². The fraction of sp³-hybridized carbons (Fsp3) is 0.636. The van der Waals surface area contributed by atoms with Gasteiger partial charge in [-0.05, 0) is 18.6 Å². The predicted octanol–water partition coefficient (Wildman–Crippen LogP) is 0.605. The topological polar surface area (TPSA) is 46.4 Å². The maximum atomic E-state index is 9.21. The molecule has 0 bridgehead atoms. The SMILES string of the molecule is COCCNCc1ccn(CC(C)O)c1. The molecule has 86 valence electrons. The Labute approximate surface area is 90.9 Å². The minimum atomic E-state index is -0.299. The van der Waals surface area contributed by atoms with E-state index in [2.05, 4.69) is 11.4 Å². The molecule has 2 N–H and O–H groups in total. The van der Waals surface area contributed by atoms with Gasteiger partial charge in [-0.1, -0.05) is 0 Å². The lowest BCUT2D eigenvalue weighted by Crippen LogP contribution is -2.18. The number of nitrogens with zero attached hydrogens (tertiary/aromatic N) is 1. The molecule has 1 heterocycles. The minimum Gasteiger partial charge on any atom is -0.392 e. The molecule has 0 amide bonds. The van der Waals surface area contributed by atoms with Crippen molar-refractivity contribution in [2.75, 3.05) is 20.3 Å². The van der Waals surface area contributed by atoms with E-state index in [1.165, 1.54) is 5.56 Å². The molecule has 4 nitrogen and oxygen atoms in total. The third-order valence-electron chi connectivity index (χ3n) is 2.10. The van der Waals surface area contributed by atoms with Crippen LogP contribution < -0.4 is 5.32 Å². The molecular weight excluding hydrogens is 192 g/mol. The number of ether oxygens (including phenoxy) is 1. The Hall–Kier alpha value is -0.840. The summed E-state index contributed by atoms with van der Waals surface area (Å²) in [6, 6.07) is 2.06. The van der Waals surface area contributed by atoms with Crippen molar-refractivity contribution < 1.29 is 9.84 Å². The van der Waals surface area contributed by atoms with Crippen LogP contribution in [0.1, 0.15) is 12.5 Å². The average Bonchev–Trinajstić information content (AvgIpc) is 2.59. The van der Waals surface area contributed by atoms with Crippen molar-refractivity contribution >= 4 is 0 Å². The Balaban J connectivity index is 2.26. The quantitative estimate of drug-likeness (QED) is 0.651. The maximum Gasteiger partial charge on any atom is 0.0690 e. The molecule has 0 saturated heterocycles. The highest BCUT2D eigenvalue weighted by molar-refractivity contribution is 5.09. The maximum absolute atomic E-state index is 9.21. The fourth-order valence-corrected chi connectivity index (χ4v) is 1.42. The molecule has 0 saturated carbocycles. The summed E-state index contributed by atoms with van der Waals surface area (Å²) in [6.45, 7) is 4.87. The van der Waals surface area contributed by atoms with E-state index in [1.54, 1.807) is 14.0 Å². The number of rotatable bonds is 7. The van der Waals surface area contributed by atoms with Gasteiger partial charge >= 0.3 is 0 Å². The summed E-state index contributed by atoms with van der Waals surface area (Å²) >= 11 is 0. The Morgan fingerprint density at radius 2 is 2.40 bits per heavy atom. The zero-order valence-corrected chi connectivity index (χ0v) is 9.44. The molecular formula is C11H20N2O2. The number of aliphatic hydroxyl groups excluding tert-OH is 1. The van der Waals surface area contributed by atoms with Crippen molar-refractivity contribution in [3.8, 4) is 0 Å². The van der Waals surface area contributed by atoms with E-state index in [0.29, 0.717) is 6.54 Å². The normalized spacial score (nSPS) is 13.0. The second kappa shape index (κ2) is 6.61. The van der Waals surface area contributed by atoms with E-state index in [-0.39, 0.29) is 6.10 Å². The number of nitrogens with one attached hydrogen (secondary N) is 1. The first-order valence-electron chi connectivity index (χ1n) is 5.24. The van der Waals surface area contributed by atoms with Gasteiger partial charge < -0.3 is 19.7 Å². The highest BCUT2D eigenvalue weighted by Crippen LogP contribution is 2.01. The summed E-state index contributed by atoms with van der Waals surface area (Å²) in [7, 11) is 1.70. The van der Waals surface area contributed by atoms with E-state index in [4.69, 9.17) is 4.74 Å². The molecule has 1 unspecified atom stereocenters. The Bertz CT molecular complexity index is 271. The standard InChI is InChI=1S/C11H20N2O2/c1-10(14)8-13-5-3-11(9-13)7-12-4-6-15-2/h3,5,9-10,12,14H,4,6-8H2,1-2H3. The van der Waals surface area contributed by atoms with Crippen LogP contribution in [0.4, 0.5) is 0 Å². The number of hydrogen-bond acceptors (Lipinski definition) is 3. The molecule has 0 aliphatic heterocycles. The molecule has 0 radical (unpaired) electrons. The van der Waals surface area contributed by atoms with Gasteiger partial charge in [0.2, 0.25) is 0 Å². The number of aliphatic hydroxyl groups is 1. The molecule has 15 heavy (non-hydrogen) atoms. The molecule has 0 aliphatic rings. The van der Waals surface area contributed by atoms with Crippen LogP contribution in [0.2, 0.25) is 0 Å². The Morgan fingerprint density at radius 3 is 3.07 bits per heavy atom. The lowest BCUT2D eigenvalue weighted by molar-refractivity contribution is 0.173. The zero-order valence-electron chi connectivity index (χ0n) is 9.44. The van der Waals surface area contributed by atoms with Crippen molar-refractivity contribution in [3.63, 3.8) is 0 Å². The van der Waals surface area contributed by atoms with Crippen LogP contribution in [0, 0.1) is 0 Å². The fourth-order valence-electron chi connectivity index (χ4n) is 1.42. The number of methoxy groups -OCH3 is 1.